The number of hydrogen-bond donors (Lipinski definition) is 1. The van der Waals surface area contributed by atoms with Crippen LogP contribution in [0.4, 0.5) is 5.13 Å². The number of anilines is 1. The number of nitrogens with one attached hydrogen (secondary N) is 1. The fourth-order valence-electron chi connectivity index (χ4n) is 2.30. The van der Waals surface area contributed by atoms with Crippen LogP contribution in [0.2, 0.25) is 0 Å². The number of rotatable bonds is 7. The number of sulfonamides is 1. The van der Waals surface area contributed by atoms with E-state index in [1.54, 1.807) is 21.8 Å². The minimum atomic E-state index is -3.12. The van der Waals surface area contributed by atoms with Crippen LogP contribution in [0, 0.1) is 0 Å². The van der Waals surface area contributed by atoms with Gasteiger partial charge in [-0.1, -0.05) is 13.8 Å². The van der Waals surface area contributed by atoms with Crippen LogP contribution in [0.5, 0.6) is 0 Å². The summed E-state index contributed by atoms with van der Waals surface area (Å²) >= 11 is 1.60. The monoisotopic (exact) mass is 332 g/mol. The Morgan fingerprint density at radius 3 is 2.62 bits per heavy atom. The summed E-state index contributed by atoms with van der Waals surface area (Å²) in [7, 11) is -3.12. The second kappa shape index (κ2) is 7.53. The van der Waals surface area contributed by atoms with Gasteiger partial charge in [0, 0.05) is 43.8 Å². The zero-order valence-corrected chi connectivity index (χ0v) is 14.3. The van der Waals surface area contributed by atoms with Gasteiger partial charge in [0.15, 0.2) is 5.13 Å². The Balaban J connectivity index is 1.77. The third-order valence-electron chi connectivity index (χ3n) is 3.45. The van der Waals surface area contributed by atoms with Gasteiger partial charge >= 0.3 is 0 Å². The number of piperazine rings is 1. The molecule has 8 heteroatoms. The molecule has 0 amide bonds. The van der Waals surface area contributed by atoms with Crippen molar-refractivity contribution in [3.63, 3.8) is 0 Å². The summed E-state index contributed by atoms with van der Waals surface area (Å²) in [6.45, 7) is 7.42. The van der Waals surface area contributed by atoms with Gasteiger partial charge in [-0.05, 0) is 13.0 Å². The summed E-state index contributed by atoms with van der Waals surface area (Å²) in [6, 6.07) is 0.398. The molecule has 0 aromatic carbocycles. The highest BCUT2D eigenvalue weighted by Crippen LogP contribution is 2.20. The highest BCUT2D eigenvalue weighted by molar-refractivity contribution is 7.89. The van der Waals surface area contributed by atoms with E-state index in [4.69, 9.17) is 0 Å². The molecule has 0 spiro atoms. The Morgan fingerprint density at radius 1 is 1.33 bits per heavy atom. The largest absolute Gasteiger partial charge is 0.345 e. The summed E-state index contributed by atoms with van der Waals surface area (Å²) in [5, 5.41) is 6.17. The van der Waals surface area contributed by atoms with Crippen molar-refractivity contribution in [3.05, 3.63) is 11.6 Å². The van der Waals surface area contributed by atoms with Crippen molar-refractivity contribution in [1.29, 1.82) is 0 Å². The van der Waals surface area contributed by atoms with Crippen LogP contribution in [-0.4, -0.2) is 62.2 Å². The standard InChI is InChI=1S/C13H24N4O2S2/c1-12(2)14-4-3-11-21(18,19)17-8-6-16(7-9-17)13-15-5-10-20-13/h5,10,12,14H,3-4,6-9,11H2,1-2H3. The van der Waals surface area contributed by atoms with Gasteiger partial charge in [0.1, 0.15) is 0 Å². The lowest BCUT2D eigenvalue weighted by Crippen LogP contribution is -2.49. The molecular weight excluding hydrogens is 308 g/mol. The minimum Gasteiger partial charge on any atom is -0.345 e. The number of aromatic nitrogens is 1. The zero-order chi connectivity index (χ0) is 15.3. The Morgan fingerprint density at radius 2 is 2.05 bits per heavy atom. The SMILES string of the molecule is CC(C)NCCCS(=O)(=O)N1CCN(c2nccs2)CC1. The molecule has 0 bridgehead atoms. The quantitative estimate of drug-likeness (QED) is 0.754. The Bertz CT molecular complexity index is 508. The van der Waals surface area contributed by atoms with Crippen molar-refractivity contribution in [2.45, 2.75) is 26.3 Å². The van der Waals surface area contributed by atoms with E-state index in [0.29, 0.717) is 25.6 Å². The van der Waals surface area contributed by atoms with Gasteiger partial charge < -0.3 is 10.2 Å². The van der Waals surface area contributed by atoms with Crippen LogP contribution in [0.3, 0.4) is 0 Å². The van der Waals surface area contributed by atoms with E-state index in [1.165, 1.54) is 0 Å². The van der Waals surface area contributed by atoms with Gasteiger partial charge in [-0.2, -0.15) is 4.31 Å². The fraction of sp³-hybridized carbons (Fsp3) is 0.769. The minimum absolute atomic E-state index is 0.226. The molecule has 1 N–H and O–H groups in total. The van der Waals surface area contributed by atoms with E-state index >= 15 is 0 Å². The Labute approximate surface area is 131 Å². The van der Waals surface area contributed by atoms with E-state index in [2.05, 4.69) is 29.0 Å². The van der Waals surface area contributed by atoms with E-state index in [-0.39, 0.29) is 5.75 Å². The maximum Gasteiger partial charge on any atom is 0.214 e. The smallest absolute Gasteiger partial charge is 0.214 e. The fourth-order valence-corrected chi connectivity index (χ4v) is 4.49. The third-order valence-corrected chi connectivity index (χ3v) is 6.24. The molecular formula is C13H24N4O2S2. The lowest BCUT2D eigenvalue weighted by atomic mass is 10.4. The average molecular weight is 332 g/mol. The molecule has 1 fully saturated rings. The molecule has 2 rings (SSSR count). The number of hydrogen-bond acceptors (Lipinski definition) is 6. The summed E-state index contributed by atoms with van der Waals surface area (Å²) in [5.41, 5.74) is 0. The Kier molecular flexibility index (Phi) is 5.98. The molecule has 21 heavy (non-hydrogen) atoms. The molecule has 1 aliphatic rings. The van der Waals surface area contributed by atoms with Crippen molar-refractivity contribution in [2.75, 3.05) is 43.4 Å². The van der Waals surface area contributed by atoms with Crippen LogP contribution in [0.15, 0.2) is 11.6 Å². The topological polar surface area (TPSA) is 65.5 Å². The summed E-state index contributed by atoms with van der Waals surface area (Å²) in [4.78, 5) is 6.42. The molecule has 0 saturated carbocycles. The average Bonchev–Trinajstić information content (AvgIpc) is 2.98. The molecule has 1 aliphatic heterocycles. The summed E-state index contributed by atoms with van der Waals surface area (Å²) in [6.07, 6.45) is 2.44. The van der Waals surface area contributed by atoms with Crippen molar-refractivity contribution < 1.29 is 8.42 Å². The first kappa shape index (κ1) is 16.7. The van der Waals surface area contributed by atoms with Gasteiger partial charge in [-0.25, -0.2) is 13.4 Å². The normalized spacial score (nSPS) is 17.6. The first-order valence-electron chi connectivity index (χ1n) is 7.34. The van der Waals surface area contributed by atoms with Crippen molar-refractivity contribution in [1.82, 2.24) is 14.6 Å². The van der Waals surface area contributed by atoms with Crippen LogP contribution in [0.1, 0.15) is 20.3 Å². The first-order chi connectivity index (χ1) is 9.99. The maximum absolute atomic E-state index is 12.3. The third kappa shape index (κ3) is 4.91. The van der Waals surface area contributed by atoms with Gasteiger partial charge in [0.2, 0.25) is 10.0 Å². The van der Waals surface area contributed by atoms with Gasteiger partial charge in [0.25, 0.3) is 0 Å². The maximum atomic E-state index is 12.3. The molecule has 120 valence electrons. The second-order valence-electron chi connectivity index (χ2n) is 5.48. The van der Waals surface area contributed by atoms with Gasteiger partial charge in [0.05, 0.1) is 5.75 Å². The predicted octanol–water partition coefficient (Wildman–Crippen LogP) is 0.983. The van der Waals surface area contributed by atoms with Crippen LogP contribution < -0.4 is 10.2 Å². The molecule has 0 radical (unpaired) electrons. The van der Waals surface area contributed by atoms with Crippen molar-refractivity contribution in [2.24, 2.45) is 0 Å². The summed E-state index contributed by atoms with van der Waals surface area (Å²) in [5.74, 6) is 0.226. The van der Waals surface area contributed by atoms with Crippen LogP contribution in [-0.2, 0) is 10.0 Å². The van der Waals surface area contributed by atoms with Gasteiger partial charge in [-0.3, -0.25) is 0 Å². The Hall–Kier alpha value is -0.700. The molecule has 6 nitrogen and oxygen atoms in total. The van der Waals surface area contributed by atoms with Gasteiger partial charge in [-0.15, -0.1) is 11.3 Å². The van der Waals surface area contributed by atoms with Crippen molar-refractivity contribution >= 4 is 26.5 Å². The van der Waals surface area contributed by atoms with E-state index in [1.807, 2.05) is 5.38 Å². The molecule has 2 heterocycles. The van der Waals surface area contributed by atoms with E-state index < -0.39 is 10.0 Å². The van der Waals surface area contributed by atoms with E-state index in [9.17, 15) is 8.42 Å². The molecule has 1 aromatic heterocycles. The molecule has 1 saturated heterocycles. The molecule has 0 unspecified atom stereocenters. The first-order valence-corrected chi connectivity index (χ1v) is 9.83. The second-order valence-corrected chi connectivity index (χ2v) is 8.44. The van der Waals surface area contributed by atoms with Crippen LogP contribution >= 0.6 is 11.3 Å². The molecule has 1 aromatic rings. The lowest BCUT2D eigenvalue weighted by Gasteiger charge is -2.33. The number of nitrogens with zero attached hydrogens (tertiary/aromatic N) is 3. The van der Waals surface area contributed by atoms with E-state index in [0.717, 1.165) is 24.8 Å². The predicted molar refractivity (Wildman–Crippen MR) is 87.4 cm³/mol. The van der Waals surface area contributed by atoms with Crippen LogP contribution in [0.25, 0.3) is 0 Å². The highest BCUT2D eigenvalue weighted by Gasteiger charge is 2.27. The number of thiazole rings is 1. The van der Waals surface area contributed by atoms with Crippen molar-refractivity contribution in [3.8, 4) is 0 Å². The molecule has 0 aliphatic carbocycles. The lowest BCUT2D eigenvalue weighted by molar-refractivity contribution is 0.383. The zero-order valence-electron chi connectivity index (χ0n) is 12.7. The highest BCUT2D eigenvalue weighted by atomic mass is 32.2. The molecule has 0 atom stereocenters. The summed E-state index contributed by atoms with van der Waals surface area (Å²) < 4.78 is 26.2.